The Bertz CT molecular complexity index is 435. The highest BCUT2D eigenvalue weighted by Gasteiger charge is 2.02. The summed E-state index contributed by atoms with van der Waals surface area (Å²) in [6.07, 6.45) is 1.72. The van der Waals surface area contributed by atoms with E-state index in [-0.39, 0.29) is 5.91 Å². The largest absolute Gasteiger partial charge is 0.497 e. The Balaban J connectivity index is 2.57. The zero-order chi connectivity index (χ0) is 14.3. The van der Waals surface area contributed by atoms with E-state index in [1.165, 1.54) is 0 Å². The fourth-order valence-corrected chi connectivity index (χ4v) is 1.59. The molecule has 1 aromatic carbocycles. The molecular weight excluding hydrogens is 242 g/mol. The Kier molecular flexibility index (Phi) is 6.09. The quantitative estimate of drug-likeness (QED) is 0.772. The van der Waals surface area contributed by atoms with Crippen LogP contribution in [0.15, 0.2) is 30.3 Å². The van der Waals surface area contributed by atoms with Crippen molar-refractivity contribution in [2.45, 2.75) is 26.4 Å². The Hall–Kier alpha value is -1.81. The van der Waals surface area contributed by atoms with Gasteiger partial charge < -0.3 is 15.2 Å². The molecule has 2 N–H and O–H groups in total. The fourth-order valence-electron chi connectivity index (χ4n) is 1.59. The van der Waals surface area contributed by atoms with Gasteiger partial charge in [0.1, 0.15) is 5.75 Å². The molecule has 0 bridgehead atoms. The lowest BCUT2D eigenvalue weighted by Crippen LogP contribution is -2.24. The molecule has 0 aliphatic rings. The summed E-state index contributed by atoms with van der Waals surface area (Å²) in [6.45, 7) is 4.06. The Labute approximate surface area is 114 Å². The number of aliphatic hydroxyl groups excluding tert-OH is 1. The summed E-state index contributed by atoms with van der Waals surface area (Å²) in [6, 6.07) is 7.54. The number of carbonyl (C=O) groups excluding carboxylic acids is 1. The summed E-state index contributed by atoms with van der Waals surface area (Å²) < 4.78 is 5.08. The van der Waals surface area contributed by atoms with Crippen molar-refractivity contribution in [3.8, 4) is 5.75 Å². The van der Waals surface area contributed by atoms with Crippen LogP contribution < -0.4 is 10.1 Å². The summed E-state index contributed by atoms with van der Waals surface area (Å²) in [5.74, 6) is 0.645. The van der Waals surface area contributed by atoms with Crippen LogP contribution in [0, 0.1) is 0 Å². The lowest BCUT2D eigenvalue weighted by Gasteiger charge is -2.06. The van der Waals surface area contributed by atoms with E-state index in [9.17, 15) is 4.79 Å². The molecule has 0 saturated carbocycles. The van der Waals surface area contributed by atoms with Crippen LogP contribution in [0.5, 0.6) is 5.75 Å². The number of hydrogen-bond acceptors (Lipinski definition) is 3. The van der Waals surface area contributed by atoms with Gasteiger partial charge in [-0.25, -0.2) is 0 Å². The maximum absolute atomic E-state index is 11.6. The number of hydrogen-bond donors (Lipinski definition) is 2. The number of methoxy groups -OCH3 is 1. The van der Waals surface area contributed by atoms with Gasteiger partial charge in [-0.1, -0.05) is 12.1 Å². The number of nitrogens with one attached hydrogen (secondary N) is 1. The van der Waals surface area contributed by atoms with E-state index < -0.39 is 6.10 Å². The van der Waals surface area contributed by atoms with Gasteiger partial charge in [0.25, 0.3) is 0 Å². The van der Waals surface area contributed by atoms with Crippen molar-refractivity contribution >= 4 is 11.5 Å². The number of aliphatic hydroxyl groups is 1. The topological polar surface area (TPSA) is 58.6 Å². The fraction of sp³-hybridized carbons (Fsp3) is 0.400. The van der Waals surface area contributed by atoms with E-state index >= 15 is 0 Å². The van der Waals surface area contributed by atoms with Gasteiger partial charge in [0.2, 0.25) is 5.91 Å². The van der Waals surface area contributed by atoms with Crippen molar-refractivity contribution in [2.24, 2.45) is 0 Å². The molecule has 1 atom stereocenters. The molecule has 19 heavy (non-hydrogen) atoms. The van der Waals surface area contributed by atoms with E-state index in [0.717, 1.165) is 16.9 Å². The van der Waals surface area contributed by atoms with Crippen molar-refractivity contribution in [1.29, 1.82) is 0 Å². The van der Waals surface area contributed by atoms with Gasteiger partial charge in [-0.15, -0.1) is 0 Å². The molecule has 104 valence electrons. The van der Waals surface area contributed by atoms with Crippen LogP contribution in [0.1, 0.15) is 25.8 Å². The Morgan fingerprint density at radius 2 is 2.05 bits per heavy atom. The zero-order valence-electron chi connectivity index (χ0n) is 11.6. The molecule has 4 heteroatoms. The van der Waals surface area contributed by atoms with Gasteiger partial charge in [-0.3, -0.25) is 4.79 Å². The van der Waals surface area contributed by atoms with Crippen molar-refractivity contribution < 1.29 is 14.6 Å². The summed E-state index contributed by atoms with van der Waals surface area (Å²) in [5.41, 5.74) is 1.86. The molecule has 0 spiro atoms. The Morgan fingerprint density at radius 1 is 1.42 bits per heavy atom. The van der Waals surface area contributed by atoms with Gasteiger partial charge in [0.05, 0.1) is 13.2 Å². The third kappa shape index (κ3) is 5.57. The molecule has 0 radical (unpaired) electrons. The van der Waals surface area contributed by atoms with Crippen LogP contribution in [0.4, 0.5) is 0 Å². The molecule has 1 aromatic rings. The van der Waals surface area contributed by atoms with E-state index in [1.807, 2.05) is 31.2 Å². The number of carbonyl (C=O) groups is 1. The molecular formula is C15H21NO3. The second kappa shape index (κ2) is 7.59. The summed E-state index contributed by atoms with van der Waals surface area (Å²) in [7, 11) is 1.62. The molecule has 0 aliphatic heterocycles. The van der Waals surface area contributed by atoms with Crippen LogP contribution in [-0.4, -0.2) is 30.8 Å². The Morgan fingerprint density at radius 3 is 2.58 bits per heavy atom. The molecule has 1 amide bonds. The second-order valence-corrected chi connectivity index (χ2v) is 4.48. The summed E-state index contributed by atoms with van der Waals surface area (Å²) in [4.78, 5) is 11.6. The third-order valence-electron chi connectivity index (χ3n) is 2.75. The summed E-state index contributed by atoms with van der Waals surface area (Å²) >= 11 is 0. The standard InChI is InChI=1S/C15H21NO3/c1-11(10-15(18)16-9-8-12(2)17)13-4-6-14(19-3)7-5-13/h4-7,10,12,17H,8-9H2,1-3H3,(H,16,18). The normalized spacial score (nSPS) is 12.9. The van der Waals surface area contributed by atoms with E-state index in [2.05, 4.69) is 5.32 Å². The van der Waals surface area contributed by atoms with Crippen molar-refractivity contribution in [1.82, 2.24) is 5.32 Å². The van der Waals surface area contributed by atoms with Crippen molar-refractivity contribution in [3.05, 3.63) is 35.9 Å². The molecule has 0 aromatic heterocycles. The van der Waals surface area contributed by atoms with E-state index in [4.69, 9.17) is 9.84 Å². The average molecular weight is 263 g/mol. The number of amides is 1. The van der Waals surface area contributed by atoms with Gasteiger partial charge in [0.15, 0.2) is 0 Å². The lowest BCUT2D eigenvalue weighted by molar-refractivity contribution is -0.116. The third-order valence-corrected chi connectivity index (χ3v) is 2.75. The van der Waals surface area contributed by atoms with Gasteiger partial charge >= 0.3 is 0 Å². The zero-order valence-corrected chi connectivity index (χ0v) is 11.6. The van der Waals surface area contributed by atoms with Crippen LogP contribution in [-0.2, 0) is 4.79 Å². The molecule has 1 unspecified atom stereocenters. The van der Waals surface area contributed by atoms with E-state index in [0.29, 0.717) is 13.0 Å². The SMILES string of the molecule is COc1ccc(C(C)=CC(=O)NCCC(C)O)cc1. The smallest absolute Gasteiger partial charge is 0.244 e. The molecule has 0 fully saturated rings. The predicted octanol–water partition coefficient (Wildman–Crippen LogP) is 1.99. The molecule has 1 rings (SSSR count). The maximum Gasteiger partial charge on any atom is 0.244 e. The number of ether oxygens (including phenoxy) is 1. The lowest BCUT2D eigenvalue weighted by atomic mass is 10.1. The van der Waals surface area contributed by atoms with Crippen molar-refractivity contribution in [3.63, 3.8) is 0 Å². The summed E-state index contributed by atoms with van der Waals surface area (Å²) in [5, 5.41) is 11.8. The number of rotatable bonds is 6. The van der Waals surface area contributed by atoms with Gasteiger partial charge in [-0.05, 0) is 43.5 Å². The minimum absolute atomic E-state index is 0.144. The predicted molar refractivity (Wildman–Crippen MR) is 76.0 cm³/mol. The molecule has 0 heterocycles. The van der Waals surface area contributed by atoms with Gasteiger partial charge in [0, 0.05) is 12.6 Å². The molecule has 4 nitrogen and oxygen atoms in total. The number of benzene rings is 1. The van der Waals surface area contributed by atoms with Crippen LogP contribution in [0.25, 0.3) is 5.57 Å². The van der Waals surface area contributed by atoms with Crippen molar-refractivity contribution in [2.75, 3.05) is 13.7 Å². The highest BCUT2D eigenvalue weighted by atomic mass is 16.5. The van der Waals surface area contributed by atoms with Crippen LogP contribution >= 0.6 is 0 Å². The first-order valence-electron chi connectivity index (χ1n) is 6.31. The highest BCUT2D eigenvalue weighted by Crippen LogP contribution is 2.17. The average Bonchev–Trinajstić information content (AvgIpc) is 2.38. The minimum atomic E-state index is -0.396. The highest BCUT2D eigenvalue weighted by molar-refractivity contribution is 5.94. The number of allylic oxidation sites excluding steroid dienone is 1. The first-order chi connectivity index (χ1) is 9.02. The van der Waals surface area contributed by atoms with Crippen LogP contribution in [0.2, 0.25) is 0 Å². The van der Waals surface area contributed by atoms with E-state index in [1.54, 1.807) is 20.1 Å². The first-order valence-corrected chi connectivity index (χ1v) is 6.31. The second-order valence-electron chi connectivity index (χ2n) is 4.48. The van der Waals surface area contributed by atoms with Crippen LogP contribution in [0.3, 0.4) is 0 Å². The minimum Gasteiger partial charge on any atom is -0.497 e. The monoisotopic (exact) mass is 263 g/mol. The molecule has 0 saturated heterocycles. The maximum atomic E-state index is 11.6. The van der Waals surface area contributed by atoms with Gasteiger partial charge in [-0.2, -0.15) is 0 Å². The first kappa shape index (κ1) is 15.2. The molecule has 0 aliphatic carbocycles.